The van der Waals surface area contributed by atoms with E-state index in [-0.39, 0.29) is 18.6 Å². The Morgan fingerprint density at radius 1 is 1.08 bits per heavy atom. The topological polar surface area (TPSA) is 99.8 Å². The lowest BCUT2D eigenvalue weighted by Gasteiger charge is -2.35. The molecular formula is C26H30Cl2N4O4. The molecule has 0 spiro atoms. The number of nitrogens with one attached hydrogen (secondary N) is 3. The third kappa shape index (κ3) is 6.50. The fourth-order valence-electron chi connectivity index (χ4n) is 3.76. The first-order valence-corrected chi connectivity index (χ1v) is 12.5. The van der Waals surface area contributed by atoms with E-state index >= 15 is 0 Å². The molecule has 0 bridgehead atoms. The first-order valence-electron chi connectivity index (χ1n) is 11.7. The number of halogens is 2. The fourth-order valence-corrected chi connectivity index (χ4v) is 4.25. The van der Waals surface area contributed by atoms with Crippen LogP contribution in [0.4, 0.5) is 21.0 Å². The van der Waals surface area contributed by atoms with Gasteiger partial charge in [0.05, 0.1) is 34.0 Å². The molecule has 8 nitrogen and oxygen atoms in total. The number of ether oxygens (including phenoxy) is 1. The predicted molar refractivity (Wildman–Crippen MR) is 142 cm³/mol. The Morgan fingerprint density at radius 2 is 1.72 bits per heavy atom. The van der Waals surface area contributed by atoms with Crippen LogP contribution in [0, 0.1) is 5.92 Å². The molecule has 2 aromatic rings. The standard InChI is InChI=1S/C26H30Cl2N4O4/c1-5-13-32-16(4)21(24(33)36-14-15(2)3)22(31-26(32)35)17-9-11-18(12-10-17)29-25(34)30-23-19(27)7-6-8-20(23)28/h6-12,15,22H,5,13-14H2,1-4H3,(H,31,35)(H2,29,30,34)/t22-/m0/s1. The molecule has 0 aromatic heterocycles. The first kappa shape index (κ1) is 27.4. The molecule has 4 amide bonds. The second kappa shape index (κ2) is 12.1. The summed E-state index contributed by atoms with van der Waals surface area (Å²) in [6.07, 6.45) is 0.742. The second-order valence-corrected chi connectivity index (χ2v) is 9.64. The molecule has 0 aliphatic carbocycles. The fraction of sp³-hybridized carbons (Fsp3) is 0.346. The number of carbonyl (C=O) groups is 3. The minimum Gasteiger partial charge on any atom is -0.462 e. The van der Waals surface area contributed by atoms with Gasteiger partial charge < -0.3 is 20.7 Å². The zero-order valence-electron chi connectivity index (χ0n) is 20.7. The Labute approximate surface area is 221 Å². The monoisotopic (exact) mass is 532 g/mol. The maximum Gasteiger partial charge on any atom is 0.338 e. The lowest BCUT2D eigenvalue weighted by molar-refractivity contribution is -0.140. The van der Waals surface area contributed by atoms with E-state index in [0.717, 1.165) is 6.42 Å². The molecule has 1 atom stereocenters. The van der Waals surface area contributed by atoms with Crippen molar-refractivity contribution in [1.82, 2.24) is 10.2 Å². The van der Waals surface area contributed by atoms with Gasteiger partial charge in [-0.05, 0) is 49.1 Å². The number of amides is 4. The molecule has 1 heterocycles. The van der Waals surface area contributed by atoms with Crippen LogP contribution in [-0.4, -0.2) is 36.1 Å². The average Bonchev–Trinajstić information content (AvgIpc) is 2.83. The molecule has 0 unspecified atom stereocenters. The SMILES string of the molecule is CCCN1C(=O)N[C@@H](c2ccc(NC(=O)Nc3c(Cl)cccc3Cl)cc2)C(C(=O)OCC(C)C)=C1C. The quantitative estimate of drug-likeness (QED) is 0.334. The largest absolute Gasteiger partial charge is 0.462 e. The van der Waals surface area contributed by atoms with Crippen LogP contribution < -0.4 is 16.0 Å². The normalized spacial score (nSPS) is 15.6. The molecule has 3 rings (SSSR count). The van der Waals surface area contributed by atoms with Gasteiger partial charge in [-0.1, -0.05) is 62.2 Å². The lowest BCUT2D eigenvalue weighted by atomic mass is 9.94. The summed E-state index contributed by atoms with van der Waals surface area (Å²) in [6.45, 7) is 8.40. The van der Waals surface area contributed by atoms with Crippen LogP contribution in [0.1, 0.15) is 45.7 Å². The summed E-state index contributed by atoms with van der Waals surface area (Å²) in [5, 5.41) is 8.90. The van der Waals surface area contributed by atoms with E-state index in [1.165, 1.54) is 0 Å². The van der Waals surface area contributed by atoms with Gasteiger partial charge in [0.2, 0.25) is 0 Å². The van der Waals surface area contributed by atoms with Crippen LogP contribution in [0.2, 0.25) is 10.0 Å². The maximum atomic E-state index is 13.0. The van der Waals surface area contributed by atoms with Crippen molar-refractivity contribution in [3.8, 4) is 0 Å². The lowest BCUT2D eigenvalue weighted by Crippen LogP contribution is -2.48. The predicted octanol–water partition coefficient (Wildman–Crippen LogP) is 6.59. The summed E-state index contributed by atoms with van der Waals surface area (Å²) in [7, 11) is 0. The number of rotatable bonds is 8. The molecule has 1 aliphatic rings. The summed E-state index contributed by atoms with van der Waals surface area (Å²) in [5.41, 5.74) is 2.43. The smallest absolute Gasteiger partial charge is 0.338 e. The number of anilines is 2. The Balaban J connectivity index is 1.81. The summed E-state index contributed by atoms with van der Waals surface area (Å²) in [4.78, 5) is 39.9. The Kier molecular flexibility index (Phi) is 9.23. The first-order chi connectivity index (χ1) is 17.1. The van der Waals surface area contributed by atoms with Crippen molar-refractivity contribution in [3.05, 3.63) is 69.3 Å². The molecule has 1 aliphatic heterocycles. The molecule has 36 heavy (non-hydrogen) atoms. The van der Waals surface area contributed by atoms with Gasteiger partial charge in [0.15, 0.2) is 0 Å². The number of benzene rings is 2. The van der Waals surface area contributed by atoms with E-state index in [4.69, 9.17) is 27.9 Å². The number of nitrogens with zero attached hydrogens (tertiary/aromatic N) is 1. The van der Waals surface area contributed by atoms with Gasteiger partial charge in [0, 0.05) is 17.9 Å². The molecular weight excluding hydrogens is 503 g/mol. The zero-order chi connectivity index (χ0) is 26.4. The van der Waals surface area contributed by atoms with Crippen LogP contribution in [0.5, 0.6) is 0 Å². The summed E-state index contributed by atoms with van der Waals surface area (Å²) in [6, 6.07) is 10.3. The van der Waals surface area contributed by atoms with E-state index in [1.54, 1.807) is 54.3 Å². The van der Waals surface area contributed by atoms with Crippen LogP contribution in [0.25, 0.3) is 0 Å². The zero-order valence-corrected chi connectivity index (χ0v) is 22.2. The van der Waals surface area contributed by atoms with E-state index in [9.17, 15) is 14.4 Å². The number of allylic oxidation sites excluding steroid dienone is 1. The van der Waals surface area contributed by atoms with Crippen molar-refractivity contribution in [2.75, 3.05) is 23.8 Å². The van der Waals surface area contributed by atoms with Crippen molar-refractivity contribution >= 4 is 52.6 Å². The van der Waals surface area contributed by atoms with Crippen molar-refractivity contribution in [1.29, 1.82) is 0 Å². The van der Waals surface area contributed by atoms with Crippen LogP contribution in [0.3, 0.4) is 0 Å². The highest BCUT2D eigenvalue weighted by molar-refractivity contribution is 6.39. The van der Waals surface area contributed by atoms with Crippen molar-refractivity contribution in [3.63, 3.8) is 0 Å². The molecule has 2 aromatic carbocycles. The number of hydrogen-bond donors (Lipinski definition) is 3. The minimum absolute atomic E-state index is 0.176. The Hall–Kier alpha value is -3.23. The second-order valence-electron chi connectivity index (χ2n) is 8.82. The molecule has 0 saturated heterocycles. The van der Waals surface area contributed by atoms with Crippen LogP contribution in [0.15, 0.2) is 53.7 Å². The number of esters is 1. The van der Waals surface area contributed by atoms with Crippen LogP contribution in [-0.2, 0) is 9.53 Å². The minimum atomic E-state index is -0.685. The van der Waals surface area contributed by atoms with Crippen molar-refractivity contribution in [2.45, 2.75) is 40.2 Å². The van der Waals surface area contributed by atoms with E-state index in [1.807, 2.05) is 20.8 Å². The van der Waals surface area contributed by atoms with Crippen LogP contribution >= 0.6 is 23.2 Å². The highest BCUT2D eigenvalue weighted by Gasteiger charge is 2.36. The molecule has 192 valence electrons. The molecule has 0 saturated carbocycles. The third-order valence-corrected chi connectivity index (χ3v) is 6.14. The number of carbonyl (C=O) groups excluding carboxylic acids is 3. The van der Waals surface area contributed by atoms with Gasteiger partial charge in [-0.3, -0.25) is 4.90 Å². The number of hydrogen-bond acceptors (Lipinski definition) is 4. The third-order valence-electron chi connectivity index (χ3n) is 5.51. The molecule has 3 N–H and O–H groups in total. The number of para-hydroxylation sites is 1. The highest BCUT2D eigenvalue weighted by Crippen LogP contribution is 2.33. The summed E-state index contributed by atoms with van der Waals surface area (Å²) in [5.74, 6) is -0.291. The van der Waals surface area contributed by atoms with E-state index in [0.29, 0.717) is 44.8 Å². The van der Waals surface area contributed by atoms with Crippen molar-refractivity contribution < 1.29 is 19.1 Å². The van der Waals surface area contributed by atoms with E-state index in [2.05, 4.69) is 16.0 Å². The van der Waals surface area contributed by atoms with Gasteiger partial charge in [-0.15, -0.1) is 0 Å². The molecule has 0 radical (unpaired) electrons. The Bertz CT molecular complexity index is 1140. The van der Waals surface area contributed by atoms with Gasteiger partial charge >= 0.3 is 18.0 Å². The summed E-state index contributed by atoms with van der Waals surface area (Å²) >= 11 is 12.2. The summed E-state index contributed by atoms with van der Waals surface area (Å²) < 4.78 is 5.52. The van der Waals surface area contributed by atoms with E-state index < -0.39 is 18.0 Å². The van der Waals surface area contributed by atoms with Gasteiger partial charge in [0.25, 0.3) is 0 Å². The van der Waals surface area contributed by atoms with Gasteiger partial charge in [-0.2, -0.15) is 0 Å². The van der Waals surface area contributed by atoms with Gasteiger partial charge in [-0.25, -0.2) is 14.4 Å². The van der Waals surface area contributed by atoms with Crippen molar-refractivity contribution in [2.24, 2.45) is 5.92 Å². The number of urea groups is 2. The molecule has 0 fully saturated rings. The maximum absolute atomic E-state index is 13.0. The average molecular weight is 533 g/mol. The highest BCUT2D eigenvalue weighted by atomic mass is 35.5. The van der Waals surface area contributed by atoms with Gasteiger partial charge in [0.1, 0.15) is 0 Å². The molecule has 10 heteroatoms. The Morgan fingerprint density at radius 3 is 2.31 bits per heavy atom.